The van der Waals surface area contributed by atoms with Crippen LogP contribution in [0.25, 0.3) is 0 Å². The Labute approximate surface area is 194 Å². The third-order valence-corrected chi connectivity index (χ3v) is 5.37. The van der Waals surface area contributed by atoms with Crippen molar-refractivity contribution < 1.29 is 57.1 Å². The number of allylic oxidation sites excluding steroid dienone is 3. The smallest absolute Gasteiger partial charge is 0.339 e. The van der Waals surface area contributed by atoms with E-state index in [9.17, 15) is 13.2 Å². The summed E-state index contributed by atoms with van der Waals surface area (Å²) in [7, 11) is -3.83. The van der Waals surface area contributed by atoms with Gasteiger partial charge < -0.3 is 20.1 Å². The number of hydrogen-bond acceptors (Lipinski definition) is 7. The first-order valence-electron chi connectivity index (χ1n) is 7.77. The second kappa shape index (κ2) is 15.1. The maximum Gasteiger partial charge on any atom is 0.339 e. The van der Waals surface area contributed by atoms with Gasteiger partial charge in [0, 0.05) is 0 Å². The zero-order valence-corrected chi connectivity index (χ0v) is 19.3. The van der Waals surface area contributed by atoms with Crippen LogP contribution in [0.1, 0.15) is 16.1 Å². The molecule has 6 N–H and O–H groups in total. The zero-order valence-electron chi connectivity index (χ0n) is 15.5. The molecule has 1 aromatic carbocycles. The molecule has 2 rings (SSSR count). The molecular weight excluding hydrogens is 635 g/mol. The molecule has 0 aliphatic carbocycles. The number of benzene rings is 1. The number of rotatable bonds is 7. The maximum absolute atomic E-state index is 11.1. The van der Waals surface area contributed by atoms with Crippen LogP contribution in [0.15, 0.2) is 63.1 Å². The minimum atomic E-state index is -3.83. The van der Waals surface area contributed by atoms with Gasteiger partial charge in [0.15, 0.2) is 0 Å². The Morgan fingerprint density at radius 2 is 1.90 bits per heavy atom. The van der Waals surface area contributed by atoms with Gasteiger partial charge in [-0.1, -0.05) is 18.6 Å². The van der Waals surface area contributed by atoms with Crippen LogP contribution < -0.4 is 10.5 Å². The average molecular weight is 652 g/mol. The third kappa shape index (κ3) is 11.9. The van der Waals surface area contributed by atoms with Crippen LogP contribution in [0.5, 0.6) is 5.75 Å². The molecule has 1 heterocycles. The minimum Gasteiger partial charge on any atom is -0.665 e. The molecule has 31 heavy (non-hydrogen) atoms. The number of primary sulfonamides is 1. The molecule has 10 nitrogen and oxygen atoms in total. The van der Waals surface area contributed by atoms with Crippen molar-refractivity contribution in [2.24, 2.45) is 5.14 Å². The summed E-state index contributed by atoms with van der Waals surface area (Å²) in [5.41, 5.74) is -0.0671. The quantitative estimate of drug-likeness (QED) is 0.168. The molecule has 0 aliphatic heterocycles. The average Bonchev–Trinajstić information content (AvgIpc) is 3.19. The third-order valence-electron chi connectivity index (χ3n) is 2.90. The van der Waals surface area contributed by atoms with E-state index in [0.29, 0.717) is 13.0 Å². The molecule has 0 radical (unpaired) electrons. The van der Waals surface area contributed by atoms with Crippen molar-refractivity contribution in [1.29, 1.82) is 0 Å². The fourth-order valence-electron chi connectivity index (χ4n) is 1.62. The molecule has 0 saturated heterocycles. The number of para-hydroxylation sites is 1. The molecule has 0 unspecified atom stereocenters. The number of nitrogens with two attached hydrogens (primary N) is 1. The summed E-state index contributed by atoms with van der Waals surface area (Å²) >= 11 is 7.53. The fourth-order valence-corrected chi connectivity index (χ4v) is 4.15. The second-order valence-corrected chi connectivity index (χ2v) is 7.58. The number of aromatic hydroxyl groups is 1. The van der Waals surface area contributed by atoms with E-state index in [0.717, 1.165) is 5.76 Å². The van der Waals surface area contributed by atoms with Crippen molar-refractivity contribution in [3.05, 3.63) is 76.2 Å². The maximum atomic E-state index is 11.1. The number of phenols is 1. The summed E-state index contributed by atoms with van der Waals surface area (Å²) in [6.45, 7) is 0.923. The van der Waals surface area contributed by atoms with Crippen molar-refractivity contribution in [1.82, 2.24) is 5.32 Å². The van der Waals surface area contributed by atoms with Crippen molar-refractivity contribution in [3.8, 4) is 5.75 Å². The Kier molecular flexibility index (Phi) is 13.8. The van der Waals surface area contributed by atoms with Gasteiger partial charge in [-0.3, -0.25) is 0 Å². The predicted molar refractivity (Wildman–Crippen MR) is 109 cm³/mol. The number of aliphatic hydroxyl groups excluding tert-OH is 1. The molecule has 13 heteroatoms. The van der Waals surface area contributed by atoms with E-state index >= 15 is 0 Å². The van der Waals surface area contributed by atoms with Crippen molar-refractivity contribution in [2.45, 2.75) is 6.54 Å². The van der Waals surface area contributed by atoms with Crippen molar-refractivity contribution in [2.75, 3.05) is 0 Å². The first kappa shape index (κ1) is 28.3. The molecule has 0 aliphatic rings. The number of carbonyl (C=O) groups is 1. The van der Waals surface area contributed by atoms with Gasteiger partial charge in [0.1, 0.15) is 11.3 Å². The summed E-state index contributed by atoms with van der Waals surface area (Å²) in [6.07, 6.45) is 5.49. The summed E-state index contributed by atoms with van der Waals surface area (Å²) in [5.74, 6) is -0.587. The zero-order chi connectivity index (χ0) is 23.9. The Hall–Kier alpha value is -2.72. The van der Waals surface area contributed by atoms with Crippen LogP contribution in [0.2, 0.25) is 0 Å². The topological polar surface area (TPSA) is 180 Å². The van der Waals surface area contributed by atoms with Gasteiger partial charge in [-0.05, 0) is 12.1 Å². The summed E-state index contributed by atoms with van der Waals surface area (Å²) in [5, 5.41) is 31.8. The van der Waals surface area contributed by atoms with Gasteiger partial charge in [0.25, 0.3) is 0 Å². The minimum absolute atomic E-state index is 0.0144. The van der Waals surface area contributed by atoms with Crippen molar-refractivity contribution in [3.63, 3.8) is 0 Å². The summed E-state index contributed by atoms with van der Waals surface area (Å²) < 4.78 is 28.7. The SMILES string of the molecule is NS(=O)(=O)/C([CH]=[Pt])=C(\Cl)C=[C-]NCc1ccco1.O=C(O)c1ccccc1O.O=[C-]O. The van der Waals surface area contributed by atoms with Crippen LogP contribution in [-0.4, -0.2) is 40.6 Å². The normalized spacial score (nSPS) is 11.2. The molecule has 0 bridgehead atoms. The monoisotopic (exact) mass is 651 g/mol. The number of hydrogen-bond donors (Lipinski definition) is 5. The first-order valence-corrected chi connectivity index (χ1v) is 11.0. The summed E-state index contributed by atoms with van der Waals surface area (Å²) in [6, 6.07) is 9.37. The van der Waals surface area contributed by atoms with Gasteiger partial charge in [0.2, 0.25) is 0 Å². The van der Waals surface area contributed by atoms with E-state index in [-0.39, 0.29) is 21.3 Å². The van der Waals surface area contributed by atoms with E-state index in [2.05, 4.69) is 11.5 Å². The number of nitrogens with one attached hydrogen (secondary N) is 1. The number of sulfonamides is 1. The number of aromatic carboxylic acids is 1. The van der Waals surface area contributed by atoms with E-state index in [4.69, 9.17) is 41.3 Å². The van der Waals surface area contributed by atoms with Gasteiger partial charge in [-0.25, -0.2) is 4.79 Å². The van der Waals surface area contributed by atoms with Crippen LogP contribution in [0.4, 0.5) is 0 Å². The largest absolute Gasteiger partial charge is 0.665 e. The molecule has 0 spiro atoms. The van der Waals surface area contributed by atoms with Crippen LogP contribution in [-0.2, 0) is 40.7 Å². The van der Waals surface area contributed by atoms with Gasteiger partial charge in [0.05, 0.1) is 0 Å². The molecule has 0 amide bonds. The molecule has 0 fully saturated rings. The molecular formula is C18H17ClN2O8PtS-2. The Morgan fingerprint density at radius 3 is 2.32 bits per heavy atom. The molecule has 172 valence electrons. The molecule has 1 aromatic heterocycles. The molecule has 0 saturated carbocycles. The standard InChI is InChI=1S/C10H10ClN2O3S.C7H6O3.CHO2.Pt/c1-8(17(12,14)15)10(11)4-5-13-7-9-3-2-6-16-9;8-6-4-2-1-3-5(6)7(9)10;2-1-3;/h1-4,6,13H,7H2,(H2,12,14,15);1-4,8H,(H,9,10);(H,2,3);/q-1;;-1;/b10-8-;;;. The number of halogens is 1. The number of carboxylic acid groups (broad SMARTS) is 1. The van der Waals surface area contributed by atoms with Gasteiger partial charge in [-0.2, -0.15) is 0 Å². The van der Waals surface area contributed by atoms with E-state index in [1.54, 1.807) is 49.9 Å². The number of furan rings is 1. The van der Waals surface area contributed by atoms with Crippen molar-refractivity contribution >= 4 is 38.5 Å². The van der Waals surface area contributed by atoms with E-state index < -0.39 is 16.0 Å². The van der Waals surface area contributed by atoms with Gasteiger partial charge in [-0.15, -0.1) is 0 Å². The summed E-state index contributed by atoms with van der Waals surface area (Å²) in [4.78, 5) is 18.3. The number of carboxylic acids is 1. The second-order valence-electron chi connectivity index (χ2n) is 4.98. The van der Waals surface area contributed by atoms with Crippen LogP contribution >= 0.6 is 11.6 Å². The Bertz CT molecular complexity index is 1020. The predicted octanol–water partition coefficient (Wildman–Crippen LogP) is 1.48. The Balaban J connectivity index is 0.000000580. The van der Waals surface area contributed by atoms with Crippen LogP contribution in [0.3, 0.4) is 0 Å². The molecule has 2 aromatic rings. The fraction of sp³-hybridized carbons (Fsp3) is 0.0556. The Morgan fingerprint density at radius 1 is 1.29 bits per heavy atom. The molecule has 0 atom stereocenters. The van der Waals surface area contributed by atoms with Gasteiger partial charge >= 0.3 is 128 Å². The first-order chi connectivity index (χ1) is 14.6. The van der Waals surface area contributed by atoms with Crippen LogP contribution in [0, 0.1) is 6.20 Å². The van der Waals surface area contributed by atoms with E-state index in [1.807, 2.05) is 0 Å². The van der Waals surface area contributed by atoms with E-state index in [1.165, 1.54) is 22.6 Å².